The van der Waals surface area contributed by atoms with E-state index in [2.05, 4.69) is 15.3 Å². The molecule has 1 N–H and O–H groups in total. The van der Waals surface area contributed by atoms with Crippen molar-refractivity contribution in [1.82, 2.24) is 9.97 Å². The predicted octanol–water partition coefficient (Wildman–Crippen LogP) is 4.38. The summed E-state index contributed by atoms with van der Waals surface area (Å²) in [5.41, 5.74) is 2.47. The molecule has 0 aliphatic carbocycles. The minimum absolute atomic E-state index is 0.0948. The van der Waals surface area contributed by atoms with Gasteiger partial charge < -0.3 is 14.8 Å². The van der Waals surface area contributed by atoms with Gasteiger partial charge in [0.1, 0.15) is 26.9 Å². The van der Waals surface area contributed by atoms with Gasteiger partial charge in [-0.25, -0.2) is 9.97 Å². The van der Waals surface area contributed by atoms with Gasteiger partial charge in [-0.2, -0.15) is 0 Å². The zero-order valence-corrected chi connectivity index (χ0v) is 15.9. The second-order valence-electron chi connectivity index (χ2n) is 5.94. The lowest BCUT2D eigenvalue weighted by Gasteiger charge is -2.09. The first kappa shape index (κ1) is 17.9. The summed E-state index contributed by atoms with van der Waals surface area (Å²) in [5.74, 6) is 1.01. The minimum Gasteiger partial charge on any atom is -0.497 e. The van der Waals surface area contributed by atoms with E-state index in [1.807, 2.05) is 48.5 Å². The van der Waals surface area contributed by atoms with Crippen molar-refractivity contribution in [3.8, 4) is 22.1 Å². The number of fused-ring (bicyclic) bond motifs is 1. The van der Waals surface area contributed by atoms with Crippen LogP contribution in [0.4, 0.5) is 5.69 Å². The zero-order valence-electron chi connectivity index (χ0n) is 15.1. The van der Waals surface area contributed by atoms with Crippen LogP contribution in [0.1, 0.15) is 0 Å². The Hall–Kier alpha value is -3.45. The minimum atomic E-state index is -0.245. The van der Waals surface area contributed by atoms with Crippen LogP contribution < -0.4 is 14.8 Å². The number of rotatable bonds is 6. The smallest absolute Gasteiger partial charge is 0.262 e. The van der Waals surface area contributed by atoms with Gasteiger partial charge in [0.2, 0.25) is 0 Å². The monoisotopic (exact) mass is 391 g/mol. The van der Waals surface area contributed by atoms with Gasteiger partial charge in [0, 0.05) is 23.5 Å². The Bertz CT molecular complexity index is 1090. The summed E-state index contributed by atoms with van der Waals surface area (Å²) in [5, 5.41) is 3.71. The lowest BCUT2D eigenvalue weighted by molar-refractivity contribution is -0.118. The molecule has 0 radical (unpaired) electrons. The van der Waals surface area contributed by atoms with Crippen molar-refractivity contribution >= 4 is 33.3 Å². The third-order valence-electron chi connectivity index (χ3n) is 3.97. The molecule has 140 valence electrons. The van der Waals surface area contributed by atoms with Crippen LogP contribution in [0.25, 0.3) is 20.9 Å². The molecule has 4 rings (SSSR count). The fraction of sp³-hybridized carbons (Fsp3) is 0.0952. The van der Waals surface area contributed by atoms with Crippen molar-refractivity contribution in [3.05, 3.63) is 66.9 Å². The summed E-state index contributed by atoms with van der Waals surface area (Å²) in [6.45, 7) is -0.0948. The van der Waals surface area contributed by atoms with E-state index >= 15 is 0 Å². The molecular weight excluding hydrogens is 374 g/mol. The third-order valence-corrected chi connectivity index (χ3v) is 5.00. The standard InChI is InChI=1S/C21H17N3O3S/c1-26-16-7-3-8-17(12-16)27-13-19(25)23-15-6-2-5-14(11-15)20-24-18-9-4-10-22-21(18)28-20/h2-12H,13H2,1H3,(H,23,25). The van der Waals surface area contributed by atoms with Crippen molar-refractivity contribution in [2.24, 2.45) is 0 Å². The number of nitrogens with zero attached hydrogens (tertiary/aromatic N) is 2. The van der Waals surface area contributed by atoms with E-state index in [9.17, 15) is 4.79 Å². The molecule has 0 saturated heterocycles. The Morgan fingerprint density at radius 3 is 2.79 bits per heavy atom. The summed E-state index contributed by atoms with van der Waals surface area (Å²) < 4.78 is 10.7. The number of pyridine rings is 1. The Labute approximate surface area is 165 Å². The van der Waals surface area contributed by atoms with Crippen LogP contribution in [0.3, 0.4) is 0 Å². The number of hydrogen-bond acceptors (Lipinski definition) is 6. The summed E-state index contributed by atoms with van der Waals surface area (Å²) >= 11 is 1.52. The predicted molar refractivity (Wildman–Crippen MR) is 110 cm³/mol. The van der Waals surface area contributed by atoms with E-state index in [-0.39, 0.29) is 12.5 Å². The highest BCUT2D eigenvalue weighted by Gasteiger charge is 2.09. The maximum Gasteiger partial charge on any atom is 0.262 e. The van der Waals surface area contributed by atoms with Crippen LogP contribution in [-0.4, -0.2) is 29.6 Å². The van der Waals surface area contributed by atoms with Gasteiger partial charge in [-0.3, -0.25) is 4.79 Å². The molecule has 1 amide bonds. The topological polar surface area (TPSA) is 73.3 Å². The third kappa shape index (κ3) is 4.10. The summed E-state index contributed by atoms with van der Waals surface area (Å²) in [6.07, 6.45) is 1.75. The number of benzene rings is 2. The first-order valence-corrected chi connectivity index (χ1v) is 9.41. The number of carbonyl (C=O) groups is 1. The van der Waals surface area contributed by atoms with Gasteiger partial charge in [0.15, 0.2) is 6.61 Å². The van der Waals surface area contributed by atoms with Crippen LogP contribution in [0.2, 0.25) is 0 Å². The number of amides is 1. The molecule has 2 aromatic carbocycles. The highest BCUT2D eigenvalue weighted by Crippen LogP contribution is 2.30. The average molecular weight is 391 g/mol. The summed E-state index contributed by atoms with van der Waals surface area (Å²) in [4.78, 5) is 22.1. The molecule has 0 spiro atoms. The number of thiazole rings is 1. The van der Waals surface area contributed by atoms with Crippen molar-refractivity contribution in [1.29, 1.82) is 0 Å². The Balaban J connectivity index is 1.43. The van der Waals surface area contributed by atoms with E-state index < -0.39 is 0 Å². The molecule has 0 bridgehead atoms. The van der Waals surface area contributed by atoms with Crippen LogP contribution in [0.5, 0.6) is 11.5 Å². The number of carbonyl (C=O) groups excluding carboxylic acids is 1. The summed E-state index contributed by atoms with van der Waals surface area (Å²) in [7, 11) is 1.58. The molecule has 2 heterocycles. The fourth-order valence-electron chi connectivity index (χ4n) is 2.66. The van der Waals surface area contributed by atoms with Gasteiger partial charge in [0.25, 0.3) is 5.91 Å². The molecular formula is C21H17N3O3S. The van der Waals surface area contributed by atoms with Gasteiger partial charge in [-0.05, 0) is 36.4 Å². The van der Waals surface area contributed by atoms with Gasteiger partial charge >= 0.3 is 0 Å². The zero-order chi connectivity index (χ0) is 19.3. The van der Waals surface area contributed by atoms with Gasteiger partial charge in [0.05, 0.1) is 7.11 Å². The maximum absolute atomic E-state index is 12.2. The second-order valence-corrected chi connectivity index (χ2v) is 6.92. The first-order chi connectivity index (χ1) is 13.7. The molecule has 0 atom stereocenters. The van der Waals surface area contributed by atoms with Gasteiger partial charge in [-0.1, -0.05) is 29.5 Å². The van der Waals surface area contributed by atoms with E-state index in [4.69, 9.17) is 9.47 Å². The molecule has 2 aromatic heterocycles. The molecule has 6 nitrogen and oxygen atoms in total. The number of anilines is 1. The number of ether oxygens (including phenoxy) is 2. The Morgan fingerprint density at radius 2 is 1.93 bits per heavy atom. The number of aromatic nitrogens is 2. The van der Waals surface area contributed by atoms with Crippen molar-refractivity contribution in [2.75, 3.05) is 19.0 Å². The highest BCUT2D eigenvalue weighted by atomic mass is 32.1. The molecule has 7 heteroatoms. The number of methoxy groups -OCH3 is 1. The fourth-order valence-corrected chi connectivity index (χ4v) is 3.56. The Kier molecular flexibility index (Phi) is 5.16. The quantitative estimate of drug-likeness (QED) is 0.528. The first-order valence-electron chi connectivity index (χ1n) is 8.60. The molecule has 0 saturated carbocycles. The molecule has 0 aliphatic rings. The van der Waals surface area contributed by atoms with E-state index in [1.165, 1.54) is 11.3 Å². The Morgan fingerprint density at radius 1 is 1.07 bits per heavy atom. The lowest BCUT2D eigenvalue weighted by atomic mass is 10.2. The molecule has 4 aromatic rings. The molecule has 0 fully saturated rings. The van der Waals surface area contributed by atoms with Crippen LogP contribution >= 0.6 is 11.3 Å². The van der Waals surface area contributed by atoms with Crippen molar-refractivity contribution < 1.29 is 14.3 Å². The lowest BCUT2D eigenvalue weighted by Crippen LogP contribution is -2.20. The normalized spacial score (nSPS) is 10.6. The SMILES string of the molecule is COc1cccc(OCC(=O)Nc2cccc(-c3nc4cccnc4s3)c2)c1. The summed E-state index contributed by atoms with van der Waals surface area (Å²) in [6, 6.07) is 18.5. The van der Waals surface area contributed by atoms with E-state index in [0.29, 0.717) is 17.2 Å². The van der Waals surface area contributed by atoms with Crippen molar-refractivity contribution in [2.45, 2.75) is 0 Å². The van der Waals surface area contributed by atoms with Crippen LogP contribution in [0, 0.1) is 0 Å². The van der Waals surface area contributed by atoms with E-state index in [0.717, 1.165) is 20.9 Å². The average Bonchev–Trinajstić information content (AvgIpc) is 3.17. The molecule has 28 heavy (non-hydrogen) atoms. The second kappa shape index (κ2) is 8.06. The maximum atomic E-state index is 12.2. The molecule has 0 aliphatic heterocycles. The van der Waals surface area contributed by atoms with Crippen LogP contribution in [-0.2, 0) is 4.79 Å². The van der Waals surface area contributed by atoms with Crippen molar-refractivity contribution in [3.63, 3.8) is 0 Å². The highest BCUT2D eigenvalue weighted by molar-refractivity contribution is 7.21. The molecule has 0 unspecified atom stereocenters. The van der Waals surface area contributed by atoms with Gasteiger partial charge in [-0.15, -0.1) is 0 Å². The number of nitrogens with one attached hydrogen (secondary N) is 1. The van der Waals surface area contributed by atoms with Crippen LogP contribution in [0.15, 0.2) is 66.9 Å². The van der Waals surface area contributed by atoms with E-state index in [1.54, 1.807) is 25.4 Å². The number of hydrogen-bond donors (Lipinski definition) is 1. The largest absolute Gasteiger partial charge is 0.497 e.